The molecule has 0 aliphatic heterocycles. The van der Waals surface area contributed by atoms with Gasteiger partial charge in [-0.3, -0.25) is 4.98 Å². The quantitative estimate of drug-likeness (QED) is 0.773. The summed E-state index contributed by atoms with van der Waals surface area (Å²) in [6.07, 6.45) is 3.25. The van der Waals surface area contributed by atoms with Gasteiger partial charge in [-0.2, -0.15) is 0 Å². The van der Waals surface area contributed by atoms with Crippen molar-refractivity contribution in [1.29, 1.82) is 0 Å². The number of aromatic nitrogens is 1. The standard InChI is InChI=1S/C16H12F2N2/c17-13-6-3-7-14(18)15(13)16(19)12-9-20-8-10-4-1-2-5-11(10)12/h1-9,16H,19H2. The molecule has 2 nitrogen and oxygen atoms in total. The SMILES string of the molecule is NC(c1c(F)cccc1F)c1cncc2ccccc12. The van der Waals surface area contributed by atoms with Crippen molar-refractivity contribution in [3.05, 3.63) is 77.6 Å². The Bertz CT molecular complexity index is 746. The largest absolute Gasteiger partial charge is 0.320 e. The minimum absolute atomic E-state index is 0.134. The third-order valence-corrected chi connectivity index (χ3v) is 3.34. The van der Waals surface area contributed by atoms with E-state index in [4.69, 9.17) is 5.73 Å². The molecule has 0 aliphatic carbocycles. The number of hydrogen-bond acceptors (Lipinski definition) is 2. The maximum absolute atomic E-state index is 13.8. The highest BCUT2D eigenvalue weighted by atomic mass is 19.1. The summed E-state index contributed by atoms with van der Waals surface area (Å²) in [7, 11) is 0. The summed E-state index contributed by atoms with van der Waals surface area (Å²) in [5, 5.41) is 1.73. The molecule has 1 unspecified atom stereocenters. The second-order valence-corrected chi connectivity index (χ2v) is 4.56. The van der Waals surface area contributed by atoms with Gasteiger partial charge in [0.25, 0.3) is 0 Å². The highest BCUT2D eigenvalue weighted by Crippen LogP contribution is 2.29. The van der Waals surface area contributed by atoms with Crippen molar-refractivity contribution in [2.24, 2.45) is 5.73 Å². The number of nitrogens with zero attached hydrogens (tertiary/aromatic N) is 1. The Labute approximate surface area is 114 Å². The van der Waals surface area contributed by atoms with E-state index in [2.05, 4.69) is 4.98 Å². The van der Waals surface area contributed by atoms with Crippen LogP contribution in [-0.4, -0.2) is 4.98 Å². The molecular formula is C16H12F2N2. The van der Waals surface area contributed by atoms with E-state index in [1.54, 1.807) is 12.4 Å². The molecule has 0 radical (unpaired) electrons. The number of rotatable bonds is 2. The smallest absolute Gasteiger partial charge is 0.131 e. The van der Waals surface area contributed by atoms with Gasteiger partial charge >= 0.3 is 0 Å². The number of pyridine rings is 1. The Morgan fingerprint density at radius 2 is 1.60 bits per heavy atom. The van der Waals surface area contributed by atoms with Gasteiger partial charge in [0, 0.05) is 23.3 Å². The van der Waals surface area contributed by atoms with Crippen molar-refractivity contribution in [1.82, 2.24) is 4.98 Å². The zero-order valence-corrected chi connectivity index (χ0v) is 10.6. The van der Waals surface area contributed by atoms with E-state index in [9.17, 15) is 8.78 Å². The van der Waals surface area contributed by atoms with Crippen LogP contribution in [0.5, 0.6) is 0 Å². The zero-order valence-electron chi connectivity index (χ0n) is 10.6. The molecule has 0 spiro atoms. The first-order chi connectivity index (χ1) is 9.68. The average molecular weight is 270 g/mol. The lowest BCUT2D eigenvalue weighted by Crippen LogP contribution is -2.16. The fraction of sp³-hybridized carbons (Fsp3) is 0.0625. The molecule has 100 valence electrons. The average Bonchev–Trinajstić information content (AvgIpc) is 2.46. The second kappa shape index (κ2) is 4.98. The summed E-state index contributed by atoms with van der Waals surface area (Å²) in [5.74, 6) is -1.30. The topological polar surface area (TPSA) is 38.9 Å². The maximum Gasteiger partial charge on any atom is 0.131 e. The maximum atomic E-state index is 13.8. The molecule has 1 aromatic heterocycles. The zero-order chi connectivity index (χ0) is 14.1. The molecule has 4 heteroatoms. The molecule has 1 atom stereocenters. The molecule has 0 saturated carbocycles. The lowest BCUT2D eigenvalue weighted by Gasteiger charge is -2.16. The third-order valence-electron chi connectivity index (χ3n) is 3.34. The molecule has 0 amide bonds. The second-order valence-electron chi connectivity index (χ2n) is 4.56. The number of fused-ring (bicyclic) bond motifs is 1. The van der Waals surface area contributed by atoms with Crippen LogP contribution in [0.3, 0.4) is 0 Å². The molecule has 1 heterocycles. The van der Waals surface area contributed by atoms with Crippen molar-refractivity contribution >= 4 is 10.8 Å². The minimum Gasteiger partial charge on any atom is -0.320 e. The number of benzene rings is 2. The Morgan fingerprint density at radius 3 is 2.35 bits per heavy atom. The summed E-state index contributed by atoms with van der Waals surface area (Å²) < 4.78 is 27.7. The van der Waals surface area contributed by atoms with Gasteiger partial charge in [0.1, 0.15) is 11.6 Å². The summed E-state index contributed by atoms with van der Waals surface area (Å²) in [6.45, 7) is 0. The molecule has 3 aromatic rings. The van der Waals surface area contributed by atoms with Gasteiger partial charge in [-0.15, -0.1) is 0 Å². The van der Waals surface area contributed by atoms with E-state index < -0.39 is 17.7 Å². The summed E-state index contributed by atoms with van der Waals surface area (Å²) >= 11 is 0. The van der Waals surface area contributed by atoms with Crippen molar-refractivity contribution in [2.45, 2.75) is 6.04 Å². The van der Waals surface area contributed by atoms with Crippen LogP contribution in [0.1, 0.15) is 17.2 Å². The van der Waals surface area contributed by atoms with Gasteiger partial charge in [-0.25, -0.2) is 8.78 Å². The third kappa shape index (κ3) is 2.04. The Kier molecular flexibility index (Phi) is 3.16. The van der Waals surface area contributed by atoms with Gasteiger partial charge in [0.05, 0.1) is 6.04 Å². The Morgan fingerprint density at radius 1 is 0.900 bits per heavy atom. The molecule has 0 bridgehead atoms. The first-order valence-electron chi connectivity index (χ1n) is 6.20. The molecular weight excluding hydrogens is 258 g/mol. The molecule has 0 aliphatic rings. The van der Waals surface area contributed by atoms with E-state index >= 15 is 0 Å². The van der Waals surface area contributed by atoms with Gasteiger partial charge < -0.3 is 5.73 Å². The van der Waals surface area contributed by atoms with Crippen LogP contribution in [0.4, 0.5) is 8.78 Å². The van der Waals surface area contributed by atoms with Crippen LogP contribution >= 0.6 is 0 Å². The van der Waals surface area contributed by atoms with Crippen LogP contribution in [0, 0.1) is 11.6 Å². The highest BCUT2D eigenvalue weighted by molar-refractivity contribution is 5.85. The van der Waals surface area contributed by atoms with Gasteiger partial charge in [-0.1, -0.05) is 30.3 Å². The van der Waals surface area contributed by atoms with Crippen LogP contribution in [0.15, 0.2) is 54.9 Å². The number of hydrogen-bond donors (Lipinski definition) is 1. The van der Waals surface area contributed by atoms with Crippen molar-refractivity contribution in [3.63, 3.8) is 0 Å². The molecule has 0 saturated heterocycles. The van der Waals surface area contributed by atoms with Crippen LogP contribution in [0.25, 0.3) is 10.8 Å². The molecule has 2 aromatic carbocycles. The lowest BCUT2D eigenvalue weighted by molar-refractivity contribution is 0.544. The minimum atomic E-state index is -0.894. The number of halogens is 2. The molecule has 3 rings (SSSR count). The summed E-state index contributed by atoms with van der Waals surface area (Å²) in [6, 6.07) is 10.3. The Hall–Kier alpha value is -2.33. The summed E-state index contributed by atoms with van der Waals surface area (Å²) in [4.78, 5) is 4.09. The van der Waals surface area contributed by atoms with Gasteiger partial charge in [0.15, 0.2) is 0 Å². The number of nitrogens with two attached hydrogens (primary N) is 1. The van der Waals surface area contributed by atoms with E-state index in [1.165, 1.54) is 18.2 Å². The molecule has 0 fully saturated rings. The summed E-state index contributed by atoms with van der Waals surface area (Å²) in [5.41, 5.74) is 6.53. The van der Waals surface area contributed by atoms with Crippen LogP contribution in [0.2, 0.25) is 0 Å². The molecule has 2 N–H and O–H groups in total. The fourth-order valence-electron chi connectivity index (χ4n) is 2.35. The van der Waals surface area contributed by atoms with Crippen LogP contribution < -0.4 is 5.73 Å². The van der Waals surface area contributed by atoms with Crippen LogP contribution in [-0.2, 0) is 0 Å². The van der Waals surface area contributed by atoms with E-state index in [1.807, 2.05) is 24.3 Å². The van der Waals surface area contributed by atoms with E-state index in [0.29, 0.717) is 5.56 Å². The van der Waals surface area contributed by atoms with Gasteiger partial charge in [-0.05, 0) is 23.1 Å². The predicted octanol–water partition coefficient (Wildman–Crippen LogP) is 3.56. The fourth-order valence-corrected chi connectivity index (χ4v) is 2.35. The predicted molar refractivity (Wildman–Crippen MR) is 74.1 cm³/mol. The first kappa shape index (κ1) is 12.7. The normalized spacial score (nSPS) is 12.6. The Balaban J connectivity index is 2.21. The van der Waals surface area contributed by atoms with Gasteiger partial charge in [0.2, 0.25) is 0 Å². The highest BCUT2D eigenvalue weighted by Gasteiger charge is 2.20. The van der Waals surface area contributed by atoms with Crippen molar-refractivity contribution in [3.8, 4) is 0 Å². The monoisotopic (exact) mass is 270 g/mol. The molecule has 20 heavy (non-hydrogen) atoms. The van der Waals surface area contributed by atoms with Crippen molar-refractivity contribution in [2.75, 3.05) is 0 Å². The first-order valence-corrected chi connectivity index (χ1v) is 6.20. The lowest BCUT2D eigenvalue weighted by atomic mass is 9.96. The van der Waals surface area contributed by atoms with Crippen molar-refractivity contribution < 1.29 is 8.78 Å². The van der Waals surface area contributed by atoms with E-state index in [-0.39, 0.29) is 5.56 Å². The van der Waals surface area contributed by atoms with E-state index in [0.717, 1.165) is 10.8 Å².